The van der Waals surface area contributed by atoms with E-state index in [0.717, 1.165) is 11.4 Å². The molecule has 2 heterocycles. The van der Waals surface area contributed by atoms with Crippen molar-refractivity contribution in [1.82, 2.24) is 15.1 Å². The first-order valence-corrected chi connectivity index (χ1v) is 7.30. The van der Waals surface area contributed by atoms with E-state index in [0.29, 0.717) is 35.1 Å². The number of aromatic nitrogens is 3. The fraction of sp³-hybridized carbons (Fsp3) is 0.214. The zero-order chi connectivity index (χ0) is 14.8. The normalized spacial score (nSPS) is 11.0. The van der Waals surface area contributed by atoms with Gasteiger partial charge in [0.05, 0.1) is 5.01 Å². The van der Waals surface area contributed by atoms with E-state index in [1.807, 2.05) is 5.38 Å². The van der Waals surface area contributed by atoms with Crippen molar-refractivity contribution in [2.75, 3.05) is 6.54 Å². The smallest absolute Gasteiger partial charge is 0.277 e. The lowest BCUT2D eigenvalue weighted by atomic mass is 10.1. The van der Waals surface area contributed by atoms with Crippen LogP contribution < -0.4 is 5.73 Å². The van der Waals surface area contributed by atoms with Gasteiger partial charge in [-0.15, -0.1) is 11.3 Å². The summed E-state index contributed by atoms with van der Waals surface area (Å²) in [6.07, 6.45) is 0.725. The third kappa shape index (κ3) is 2.84. The van der Waals surface area contributed by atoms with E-state index in [-0.39, 0.29) is 5.82 Å². The molecule has 5 nitrogen and oxygen atoms in total. The summed E-state index contributed by atoms with van der Waals surface area (Å²) in [6.45, 7) is 2.25. The second kappa shape index (κ2) is 5.71. The summed E-state index contributed by atoms with van der Waals surface area (Å²) >= 11 is 1.51. The van der Waals surface area contributed by atoms with Gasteiger partial charge in [0, 0.05) is 17.4 Å². The van der Waals surface area contributed by atoms with Gasteiger partial charge in [-0.05, 0) is 37.2 Å². The first-order chi connectivity index (χ1) is 10.2. The van der Waals surface area contributed by atoms with E-state index in [1.165, 1.54) is 17.4 Å². The summed E-state index contributed by atoms with van der Waals surface area (Å²) < 4.78 is 18.5. The summed E-state index contributed by atoms with van der Waals surface area (Å²) in [5.41, 5.74) is 7.39. The van der Waals surface area contributed by atoms with Crippen molar-refractivity contribution in [3.63, 3.8) is 0 Å². The molecule has 0 radical (unpaired) electrons. The molecule has 0 unspecified atom stereocenters. The molecule has 0 atom stereocenters. The number of rotatable bonds is 4. The van der Waals surface area contributed by atoms with Crippen molar-refractivity contribution < 1.29 is 8.91 Å². The predicted molar refractivity (Wildman–Crippen MR) is 78.3 cm³/mol. The molecular weight excluding hydrogens is 291 g/mol. The Morgan fingerprint density at radius 3 is 2.95 bits per heavy atom. The molecule has 1 aromatic carbocycles. The van der Waals surface area contributed by atoms with E-state index < -0.39 is 0 Å². The van der Waals surface area contributed by atoms with Crippen molar-refractivity contribution in [1.29, 1.82) is 0 Å². The first-order valence-electron chi connectivity index (χ1n) is 6.42. The quantitative estimate of drug-likeness (QED) is 0.802. The van der Waals surface area contributed by atoms with Gasteiger partial charge < -0.3 is 10.3 Å². The Hall–Kier alpha value is -2.12. The summed E-state index contributed by atoms with van der Waals surface area (Å²) in [4.78, 5) is 8.70. The molecule has 0 saturated heterocycles. The Bertz CT molecular complexity index is 768. The molecule has 0 bridgehead atoms. The van der Waals surface area contributed by atoms with Crippen LogP contribution in [-0.2, 0) is 6.42 Å². The van der Waals surface area contributed by atoms with Gasteiger partial charge in [0.15, 0.2) is 0 Å². The van der Waals surface area contributed by atoms with Crippen LogP contribution in [0.25, 0.3) is 23.0 Å². The fourth-order valence-electron chi connectivity index (χ4n) is 1.88. The molecule has 0 aliphatic heterocycles. The van der Waals surface area contributed by atoms with Gasteiger partial charge >= 0.3 is 0 Å². The second-order valence-electron chi connectivity index (χ2n) is 4.55. The Morgan fingerprint density at radius 1 is 1.33 bits per heavy atom. The van der Waals surface area contributed by atoms with Gasteiger partial charge in [-0.3, -0.25) is 0 Å². The lowest BCUT2D eigenvalue weighted by Crippen LogP contribution is -2.01. The van der Waals surface area contributed by atoms with Crippen LogP contribution in [-0.4, -0.2) is 21.7 Å². The average Bonchev–Trinajstić information content (AvgIpc) is 3.11. The van der Waals surface area contributed by atoms with Crippen LogP contribution in [0.15, 0.2) is 28.1 Å². The van der Waals surface area contributed by atoms with Gasteiger partial charge in [-0.25, -0.2) is 9.37 Å². The number of benzene rings is 1. The van der Waals surface area contributed by atoms with Crippen LogP contribution in [0.2, 0.25) is 0 Å². The van der Waals surface area contributed by atoms with Crippen LogP contribution >= 0.6 is 11.3 Å². The van der Waals surface area contributed by atoms with E-state index in [9.17, 15) is 4.39 Å². The van der Waals surface area contributed by atoms with Crippen LogP contribution in [0.5, 0.6) is 0 Å². The van der Waals surface area contributed by atoms with E-state index >= 15 is 0 Å². The fourth-order valence-corrected chi connectivity index (χ4v) is 2.66. The Balaban J connectivity index is 1.89. The molecule has 108 valence electrons. The van der Waals surface area contributed by atoms with Gasteiger partial charge in [0.2, 0.25) is 5.82 Å². The topological polar surface area (TPSA) is 77.8 Å². The maximum atomic E-state index is 13.3. The minimum Gasteiger partial charge on any atom is -0.332 e. The van der Waals surface area contributed by atoms with E-state index in [1.54, 1.807) is 19.1 Å². The van der Waals surface area contributed by atoms with Crippen molar-refractivity contribution in [3.05, 3.63) is 40.0 Å². The van der Waals surface area contributed by atoms with E-state index in [2.05, 4.69) is 15.1 Å². The van der Waals surface area contributed by atoms with Gasteiger partial charge in [-0.2, -0.15) is 4.98 Å². The monoisotopic (exact) mass is 304 g/mol. The van der Waals surface area contributed by atoms with Crippen LogP contribution in [0.3, 0.4) is 0 Å². The third-order valence-corrected chi connectivity index (χ3v) is 3.88. The van der Waals surface area contributed by atoms with Crippen molar-refractivity contribution in [2.45, 2.75) is 13.3 Å². The number of hydrogen-bond donors (Lipinski definition) is 1. The minimum absolute atomic E-state index is 0.256. The molecule has 0 fully saturated rings. The lowest BCUT2D eigenvalue weighted by molar-refractivity contribution is 0.431. The third-order valence-electron chi connectivity index (χ3n) is 2.97. The summed E-state index contributed by atoms with van der Waals surface area (Å²) in [5, 5.41) is 6.71. The average molecular weight is 304 g/mol. The lowest BCUT2D eigenvalue weighted by Gasteiger charge is -1.97. The SMILES string of the molecule is Cc1cc(-c2noc(-c3csc(CCN)n3)n2)ccc1F. The molecule has 3 aromatic rings. The highest BCUT2D eigenvalue weighted by Gasteiger charge is 2.14. The largest absolute Gasteiger partial charge is 0.332 e. The first kappa shape index (κ1) is 13.8. The maximum Gasteiger partial charge on any atom is 0.277 e. The van der Waals surface area contributed by atoms with Crippen LogP contribution in [0.4, 0.5) is 4.39 Å². The molecule has 21 heavy (non-hydrogen) atoms. The molecule has 0 amide bonds. The highest BCUT2D eigenvalue weighted by Crippen LogP contribution is 2.24. The highest BCUT2D eigenvalue weighted by atomic mass is 32.1. The standard InChI is InChI=1S/C14H13FN4OS/c1-8-6-9(2-3-10(8)15)13-18-14(20-19-13)11-7-21-12(17-11)4-5-16/h2-3,6-7H,4-5,16H2,1H3. The van der Waals surface area contributed by atoms with Gasteiger partial charge in [-0.1, -0.05) is 5.16 Å². The summed E-state index contributed by atoms with van der Waals surface area (Å²) in [7, 11) is 0. The number of aryl methyl sites for hydroxylation is 1. The molecule has 7 heteroatoms. The molecule has 3 rings (SSSR count). The summed E-state index contributed by atoms with van der Waals surface area (Å²) in [5.74, 6) is 0.515. The molecule has 0 aliphatic carbocycles. The number of halogens is 1. The zero-order valence-electron chi connectivity index (χ0n) is 11.3. The Labute approximate surface area is 124 Å². The maximum absolute atomic E-state index is 13.3. The minimum atomic E-state index is -0.256. The number of nitrogens with zero attached hydrogens (tertiary/aromatic N) is 3. The zero-order valence-corrected chi connectivity index (χ0v) is 12.2. The number of thiazole rings is 1. The van der Waals surface area contributed by atoms with Crippen molar-refractivity contribution >= 4 is 11.3 Å². The van der Waals surface area contributed by atoms with Crippen molar-refractivity contribution in [2.24, 2.45) is 5.73 Å². The van der Waals surface area contributed by atoms with Crippen molar-refractivity contribution in [3.8, 4) is 23.0 Å². The Morgan fingerprint density at radius 2 is 2.19 bits per heavy atom. The number of nitrogens with two attached hydrogens (primary N) is 1. The second-order valence-corrected chi connectivity index (χ2v) is 5.49. The van der Waals surface area contributed by atoms with E-state index in [4.69, 9.17) is 10.3 Å². The predicted octanol–water partition coefficient (Wildman–Crippen LogP) is 2.81. The number of hydrogen-bond acceptors (Lipinski definition) is 6. The summed E-state index contributed by atoms with van der Waals surface area (Å²) in [6, 6.07) is 4.70. The molecule has 2 aromatic heterocycles. The molecule has 0 saturated carbocycles. The van der Waals surface area contributed by atoms with Crippen LogP contribution in [0, 0.1) is 12.7 Å². The van der Waals surface area contributed by atoms with Gasteiger partial charge in [0.1, 0.15) is 11.5 Å². The molecule has 0 spiro atoms. The molecule has 2 N–H and O–H groups in total. The van der Waals surface area contributed by atoms with Gasteiger partial charge in [0.25, 0.3) is 5.89 Å². The highest BCUT2D eigenvalue weighted by molar-refractivity contribution is 7.09. The van der Waals surface area contributed by atoms with Crippen LogP contribution in [0.1, 0.15) is 10.6 Å². The Kier molecular flexibility index (Phi) is 3.76. The molecule has 0 aliphatic rings. The molecular formula is C14H13FN4OS.